The molecular formula is C2H6OSn. The van der Waals surface area contributed by atoms with E-state index in [1.807, 2.05) is 0 Å². The second kappa shape index (κ2) is 3.34. The molecule has 0 bridgehead atoms. The van der Waals surface area contributed by atoms with Crippen molar-refractivity contribution in [3.05, 3.63) is 12.8 Å². The first kappa shape index (κ1) is 4.34. The third-order valence-electron chi connectivity index (χ3n) is 0.167. The standard InChI is InChI=1S/C2H4O.Sn.3H/c1-2-3;;;;/h2-3H,1H2;;;;/q;+1;;;/p-1. The summed E-state index contributed by atoms with van der Waals surface area (Å²) in [6.07, 6.45) is 1.47. The van der Waals surface area contributed by atoms with E-state index in [1.54, 1.807) is 0 Å². The second-order valence-electron chi connectivity index (χ2n) is 0.402. The van der Waals surface area contributed by atoms with Crippen LogP contribution < -0.4 is 0 Å². The van der Waals surface area contributed by atoms with Gasteiger partial charge in [-0.2, -0.15) is 0 Å². The van der Waals surface area contributed by atoms with Gasteiger partial charge in [0.05, 0.1) is 0 Å². The summed E-state index contributed by atoms with van der Waals surface area (Å²) >= 11 is 0.367. The Morgan fingerprint density at radius 3 is 2.25 bits per heavy atom. The predicted molar refractivity (Wildman–Crippen MR) is 21.2 cm³/mol. The van der Waals surface area contributed by atoms with Crippen LogP contribution in [-0.4, -0.2) is 22.9 Å². The van der Waals surface area contributed by atoms with Crippen LogP contribution in [0.1, 0.15) is 0 Å². The molecule has 0 rings (SSSR count). The quantitative estimate of drug-likeness (QED) is 0.373. The molecule has 0 heterocycles. The molecule has 1 nitrogen and oxygen atoms in total. The fourth-order valence-corrected chi connectivity index (χ4v) is 0. The first-order chi connectivity index (χ1) is 1.91. The van der Waals surface area contributed by atoms with E-state index in [0.29, 0.717) is 22.9 Å². The van der Waals surface area contributed by atoms with E-state index in [9.17, 15) is 0 Å². The van der Waals surface area contributed by atoms with E-state index < -0.39 is 0 Å². The molecule has 0 atom stereocenters. The third kappa shape index (κ3) is 2.34. The molecule has 0 saturated heterocycles. The molecule has 0 spiro atoms. The van der Waals surface area contributed by atoms with Crippen LogP contribution in [0.5, 0.6) is 0 Å². The molecule has 0 unspecified atom stereocenters. The maximum atomic E-state index is 4.52. The van der Waals surface area contributed by atoms with Gasteiger partial charge < -0.3 is 0 Å². The summed E-state index contributed by atoms with van der Waals surface area (Å²) < 4.78 is 4.52. The van der Waals surface area contributed by atoms with Crippen LogP contribution in [0.3, 0.4) is 0 Å². The number of hydrogen-bond acceptors (Lipinski definition) is 1. The zero-order valence-corrected chi connectivity index (χ0v) is 8.40. The average Bonchev–Trinajstić information content (AvgIpc) is 1.37. The summed E-state index contributed by atoms with van der Waals surface area (Å²) in [6, 6.07) is 0. The van der Waals surface area contributed by atoms with E-state index in [4.69, 9.17) is 0 Å². The second-order valence-corrected chi connectivity index (χ2v) is 1.75. The average molecular weight is 165 g/mol. The Bertz CT molecular complexity index is 20.0. The molecule has 0 aliphatic carbocycles. The molecule has 0 fully saturated rings. The van der Waals surface area contributed by atoms with Crippen LogP contribution >= 0.6 is 0 Å². The molecule has 0 aliphatic heterocycles. The van der Waals surface area contributed by atoms with Gasteiger partial charge in [-0.3, -0.25) is 0 Å². The van der Waals surface area contributed by atoms with Gasteiger partial charge in [-0.25, -0.2) is 0 Å². The van der Waals surface area contributed by atoms with Crippen molar-refractivity contribution in [3.8, 4) is 0 Å². The molecule has 4 heavy (non-hydrogen) atoms. The summed E-state index contributed by atoms with van der Waals surface area (Å²) in [4.78, 5) is 0. The summed E-state index contributed by atoms with van der Waals surface area (Å²) in [5.41, 5.74) is 0. The minimum absolute atomic E-state index is 0.367. The van der Waals surface area contributed by atoms with E-state index in [1.165, 1.54) is 6.26 Å². The normalized spacial score (nSPS) is 6.00. The molecule has 0 amide bonds. The summed E-state index contributed by atoms with van der Waals surface area (Å²) in [5, 5.41) is 0. The SMILES string of the molecule is C=C[O][SnH3]. The third-order valence-corrected chi connectivity index (χ3v) is 1.12. The minimum atomic E-state index is 0.367. The monoisotopic (exact) mass is 166 g/mol. The zero-order chi connectivity index (χ0) is 3.41. The fourth-order valence-electron chi connectivity index (χ4n) is 0. The van der Waals surface area contributed by atoms with Crippen LogP contribution in [0.25, 0.3) is 0 Å². The van der Waals surface area contributed by atoms with Crippen molar-refractivity contribution in [3.63, 3.8) is 0 Å². The van der Waals surface area contributed by atoms with Crippen molar-refractivity contribution in [1.29, 1.82) is 0 Å². The molecule has 0 N–H and O–H groups in total. The molecule has 0 aromatic carbocycles. The maximum absolute atomic E-state index is 4.52. The Kier molecular flexibility index (Phi) is 3.62. The number of rotatable bonds is 1. The van der Waals surface area contributed by atoms with Gasteiger partial charge in [-0.1, -0.05) is 0 Å². The molecule has 24 valence electrons. The molecule has 0 aliphatic rings. The van der Waals surface area contributed by atoms with Crippen molar-refractivity contribution in [1.82, 2.24) is 0 Å². The van der Waals surface area contributed by atoms with Crippen LogP contribution in [0.15, 0.2) is 12.8 Å². The van der Waals surface area contributed by atoms with Gasteiger partial charge in [-0.15, -0.1) is 0 Å². The van der Waals surface area contributed by atoms with E-state index in [0.717, 1.165) is 0 Å². The van der Waals surface area contributed by atoms with Gasteiger partial charge in [0.2, 0.25) is 0 Å². The Hall–Kier alpha value is 0.339. The van der Waals surface area contributed by atoms with Gasteiger partial charge in [0.1, 0.15) is 0 Å². The van der Waals surface area contributed by atoms with Crippen LogP contribution in [0.4, 0.5) is 0 Å². The Labute approximate surface area is 39.3 Å². The molecular weight excluding hydrogens is 159 g/mol. The molecule has 0 aromatic rings. The van der Waals surface area contributed by atoms with Crippen LogP contribution in [0.2, 0.25) is 0 Å². The van der Waals surface area contributed by atoms with E-state index in [2.05, 4.69) is 9.65 Å². The van der Waals surface area contributed by atoms with Crippen LogP contribution in [0, 0.1) is 0 Å². The van der Waals surface area contributed by atoms with Gasteiger partial charge in [0, 0.05) is 0 Å². The molecule has 0 aromatic heterocycles. The topological polar surface area (TPSA) is 9.23 Å². The van der Waals surface area contributed by atoms with Crippen molar-refractivity contribution in [2.24, 2.45) is 0 Å². The van der Waals surface area contributed by atoms with E-state index >= 15 is 0 Å². The number of hydrogen-bond donors (Lipinski definition) is 0. The van der Waals surface area contributed by atoms with Crippen molar-refractivity contribution < 1.29 is 3.07 Å². The fraction of sp³-hybridized carbons (Fsp3) is 0. The summed E-state index contributed by atoms with van der Waals surface area (Å²) in [6.45, 7) is 3.31. The van der Waals surface area contributed by atoms with Crippen LogP contribution in [-0.2, 0) is 3.07 Å². The first-order valence-electron chi connectivity index (χ1n) is 1.05. The Morgan fingerprint density at radius 2 is 2.25 bits per heavy atom. The molecule has 0 saturated carbocycles. The Morgan fingerprint density at radius 1 is 2.00 bits per heavy atom. The zero-order valence-electron chi connectivity index (χ0n) is 2.69. The van der Waals surface area contributed by atoms with Crippen molar-refractivity contribution in [2.45, 2.75) is 0 Å². The predicted octanol–water partition coefficient (Wildman–Crippen LogP) is -0.573. The Balaban J connectivity index is 2.30. The van der Waals surface area contributed by atoms with Gasteiger partial charge in [0.25, 0.3) is 0 Å². The first-order valence-corrected chi connectivity index (χ1v) is 3.38. The summed E-state index contributed by atoms with van der Waals surface area (Å²) in [5.74, 6) is 0. The molecule has 0 radical (unpaired) electrons. The van der Waals surface area contributed by atoms with Crippen molar-refractivity contribution >= 4 is 22.9 Å². The van der Waals surface area contributed by atoms with Gasteiger partial charge in [0.15, 0.2) is 0 Å². The summed E-state index contributed by atoms with van der Waals surface area (Å²) in [7, 11) is 0. The van der Waals surface area contributed by atoms with Gasteiger partial charge in [-0.05, 0) is 0 Å². The molecule has 2 heteroatoms. The van der Waals surface area contributed by atoms with E-state index in [-0.39, 0.29) is 0 Å². The van der Waals surface area contributed by atoms with Gasteiger partial charge >= 0.3 is 38.9 Å². The van der Waals surface area contributed by atoms with Crippen molar-refractivity contribution in [2.75, 3.05) is 0 Å².